The highest BCUT2D eigenvalue weighted by Crippen LogP contribution is 2.39. The zero-order valence-corrected chi connectivity index (χ0v) is 13.9. The molecule has 128 valence electrons. The Morgan fingerprint density at radius 1 is 1.29 bits per heavy atom. The van der Waals surface area contributed by atoms with Crippen LogP contribution in [-0.4, -0.2) is 58.3 Å². The quantitative estimate of drug-likeness (QED) is 0.536. The van der Waals surface area contributed by atoms with Crippen LogP contribution in [0.1, 0.15) is 0 Å². The molecule has 1 heterocycles. The number of aromatic nitrogens is 3. The number of rotatable bonds is 8. The number of hydrogen-bond donors (Lipinski definition) is 2. The van der Waals surface area contributed by atoms with E-state index >= 15 is 0 Å². The van der Waals surface area contributed by atoms with Gasteiger partial charge in [-0.1, -0.05) is 11.8 Å². The third-order valence-electron chi connectivity index (χ3n) is 2.91. The van der Waals surface area contributed by atoms with Gasteiger partial charge in [0.2, 0.25) is 5.16 Å². The zero-order valence-electron chi connectivity index (χ0n) is 13.1. The molecule has 2 N–H and O–H groups in total. The summed E-state index contributed by atoms with van der Waals surface area (Å²) in [5.74, 6) is -0.173. The number of H-pyrrole nitrogens is 1. The summed E-state index contributed by atoms with van der Waals surface area (Å²) in [5.41, 5.74) is 0.486. The van der Waals surface area contributed by atoms with Gasteiger partial charge in [0, 0.05) is 6.07 Å². The first-order chi connectivity index (χ1) is 11.5. The van der Waals surface area contributed by atoms with Gasteiger partial charge in [0.15, 0.2) is 24.4 Å². The molecule has 24 heavy (non-hydrogen) atoms. The SMILES string of the molecule is COc1cc(-c2nc(SCC(=O)O)n[nH]2)c([N+](=O)OC)cc1OC. The van der Waals surface area contributed by atoms with Gasteiger partial charge in [-0.2, -0.15) is 0 Å². The van der Waals surface area contributed by atoms with Crippen LogP contribution in [0.15, 0.2) is 17.3 Å². The molecule has 10 nitrogen and oxygen atoms in total. The normalized spacial score (nSPS) is 10.3. The molecule has 0 fully saturated rings. The van der Waals surface area contributed by atoms with Gasteiger partial charge in [-0.3, -0.25) is 9.89 Å². The van der Waals surface area contributed by atoms with Gasteiger partial charge in [0.25, 0.3) is 4.92 Å². The highest BCUT2D eigenvalue weighted by Gasteiger charge is 2.28. The molecular weight excluding hydrogens is 340 g/mol. The van der Waals surface area contributed by atoms with Crippen molar-refractivity contribution in [3.8, 4) is 22.9 Å². The Morgan fingerprint density at radius 3 is 2.54 bits per heavy atom. The molecule has 1 aromatic heterocycles. The Bertz CT molecular complexity index is 763. The minimum atomic E-state index is -0.983. The van der Waals surface area contributed by atoms with Gasteiger partial charge in [-0.15, -0.1) is 5.10 Å². The summed E-state index contributed by atoms with van der Waals surface area (Å²) in [6.07, 6.45) is 0. The number of nitrogens with one attached hydrogen (secondary N) is 1. The van der Waals surface area contributed by atoms with Crippen molar-refractivity contribution in [2.24, 2.45) is 0 Å². The van der Waals surface area contributed by atoms with Crippen molar-refractivity contribution in [3.05, 3.63) is 17.0 Å². The van der Waals surface area contributed by atoms with Crippen LogP contribution in [0.4, 0.5) is 5.69 Å². The first-order valence-corrected chi connectivity index (χ1v) is 7.53. The molecule has 0 amide bonds. The molecule has 2 rings (SSSR count). The largest absolute Gasteiger partial charge is 0.493 e. The molecule has 0 unspecified atom stereocenters. The second kappa shape index (κ2) is 7.64. The number of benzene rings is 1. The molecule has 2 aromatic rings. The van der Waals surface area contributed by atoms with Crippen molar-refractivity contribution in [2.45, 2.75) is 5.16 Å². The number of thioether (sulfide) groups is 1. The van der Waals surface area contributed by atoms with Gasteiger partial charge < -0.3 is 14.6 Å². The van der Waals surface area contributed by atoms with Crippen LogP contribution in [-0.2, 0) is 9.63 Å². The molecule has 1 aromatic carbocycles. The average molecular weight is 355 g/mol. The van der Waals surface area contributed by atoms with Crippen LogP contribution >= 0.6 is 11.8 Å². The molecule has 11 heteroatoms. The number of hydrogen-bond acceptors (Lipinski definition) is 8. The van der Waals surface area contributed by atoms with Crippen molar-refractivity contribution >= 4 is 23.4 Å². The molecule has 0 aliphatic carbocycles. The Morgan fingerprint density at radius 2 is 1.96 bits per heavy atom. The molecule has 0 radical (unpaired) electrons. The summed E-state index contributed by atoms with van der Waals surface area (Å²) in [7, 11) is 4.13. The second-order valence-corrected chi connectivity index (χ2v) is 5.26. The fourth-order valence-electron chi connectivity index (χ4n) is 1.87. The summed E-state index contributed by atoms with van der Waals surface area (Å²) in [5, 5.41) is 15.5. The van der Waals surface area contributed by atoms with Gasteiger partial charge in [0.1, 0.15) is 5.56 Å². The van der Waals surface area contributed by atoms with Gasteiger partial charge in [-0.25, -0.2) is 9.82 Å². The molecule has 0 saturated carbocycles. The summed E-state index contributed by atoms with van der Waals surface area (Å²) in [6, 6.07) is 2.99. The topological polar surface area (TPSA) is 127 Å². The fraction of sp³-hybridized carbons (Fsp3) is 0.308. The van der Waals surface area contributed by atoms with E-state index in [1.807, 2.05) is 0 Å². The Kier molecular flexibility index (Phi) is 5.58. The Labute approximate surface area is 140 Å². The molecule has 0 atom stereocenters. The van der Waals surface area contributed by atoms with E-state index in [9.17, 15) is 9.70 Å². The maximum absolute atomic E-state index is 12.0. The molecular formula is C13H15N4O6S+. The number of ether oxygens (including phenoxy) is 2. The van der Waals surface area contributed by atoms with Crippen LogP contribution in [0.5, 0.6) is 11.5 Å². The molecule has 0 bridgehead atoms. The van der Waals surface area contributed by atoms with E-state index in [1.165, 1.54) is 27.4 Å². The smallest absolute Gasteiger partial charge is 0.331 e. The summed E-state index contributed by atoms with van der Waals surface area (Å²) in [6.45, 7) is 0. The Balaban J connectivity index is 2.47. The van der Waals surface area contributed by atoms with E-state index in [0.717, 1.165) is 11.8 Å². The van der Waals surface area contributed by atoms with E-state index in [1.54, 1.807) is 6.07 Å². The number of methoxy groups -OCH3 is 2. The highest BCUT2D eigenvalue weighted by atomic mass is 32.2. The lowest BCUT2D eigenvalue weighted by molar-refractivity contribution is -0.736. The standard InChI is InChI=1S/C13H14N4O6S/c1-21-9-4-7(8(17(20)23-3)5-10(9)22-2)12-14-13(16-15-12)24-6-11(18)19/h4-5H,6H2,1-3H3,(H-,14,15,16,18,19,20)/p+1. The third-order valence-corrected chi connectivity index (χ3v) is 3.74. The van der Waals surface area contributed by atoms with E-state index < -0.39 is 5.97 Å². The van der Waals surface area contributed by atoms with Crippen molar-refractivity contribution in [3.63, 3.8) is 0 Å². The van der Waals surface area contributed by atoms with E-state index in [-0.39, 0.29) is 22.4 Å². The van der Waals surface area contributed by atoms with Crippen molar-refractivity contribution < 1.29 is 29.1 Å². The fourth-order valence-corrected chi connectivity index (χ4v) is 2.38. The minimum Gasteiger partial charge on any atom is -0.493 e. The van der Waals surface area contributed by atoms with E-state index in [0.29, 0.717) is 22.0 Å². The van der Waals surface area contributed by atoms with Crippen LogP contribution in [0.25, 0.3) is 11.4 Å². The molecule has 0 aliphatic rings. The van der Waals surface area contributed by atoms with E-state index in [2.05, 4.69) is 15.2 Å². The maximum atomic E-state index is 12.0. The summed E-state index contributed by atoms with van der Waals surface area (Å²) >= 11 is 0.950. The lowest BCUT2D eigenvalue weighted by Crippen LogP contribution is -2.02. The number of carboxylic acid groups (broad SMARTS) is 1. The van der Waals surface area contributed by atoms with Gasteiger partial charge in [0.05, 0.1) is 30.9 Å². The number of aliphatic carboxylic acids is 1. The van der Waals surface area contributed by atoms with Gasteiger partial charge in [-0.05, 0) is 0 Å². The molecule has 0 spiro atoms. The van der Waals surface area contributed by atoms with Gasteiger partial charge >= 0.3 is 11.7 Å². The molecule has 0 saturated heterocycles. The maximum Gasteiger partial charge on any atom is 0.331 e. The summed E-state index contributed by atoms with van der Waals surface area (Å²) in [4.78, 5) is 31.7. The van der Waals surface area contributed by atoms with Crippen LogP contribution in [0, 0.1) is 4.91 Å². The summed E-state index contributed by atoms with van der Waals surface area (Å²) < 4.78 is 10.4. The lowest BCUT2D eigenvalue weighted by Gasteiger charge is -2.08. The van der Waals surface area contributed by atoms with Crippen molar-refractivity contribution in [1.82, 2.24) is 15.2 Å². The monoisotopic (exact) mass is 355 g/mol. The first kappa shape index (κ1) is 17.5. The third kappa shape index (κ3) is 3.74. The van der Waals surface area contributed by atoms with Crippen LogP contribution in [0.3, 0.4) is 0 Å². The number of aromatic amines is 1. The zero-order chi connectivity index (χ0) is 17.7. The predicted molar refractivity (Wildman–Crippen MR) is 83.6 cm³/mol. The average Bonchev–Trinajstić information content (AvgIpc) is 3.06. The predicted octanol–water partition coefficient (Wildman–Crippen LogP) is 1.64. The minimum absolute atomic E-state index is 0.126. The number of nitrogens with zero attached hydrogens (tertiary/aromatic N) is 3. The van der Waals surface area contributed by atoms with Crippen molar-refractivity contribution in [2.75, 3.05) is 27.1 Å². The van der Waals surface area contributed by atoms with Crippen molar-refractivity contribution in [1.29, 1.82) is 0 Å². The van der Waals surface area contributed by atoms with Crippen LogP contribution < -0.4 is 9.47 Å². The number of carboxylic acids is 1. The Hall–Kier alpha value is -2.82. The van der Waals surface area contributed by atoms with E-state index in [4.69, 9.17) is 19.4 Å². The lowest BCUT2D eigenvalue weighted by atomic mass is 10.1. The second-order valence-electron chi connectivity index (χ2n) is 4.31. The molecule has 0 aliphatic heterocycles. The first-order valence-electron chi connectivity index (χ1n) is 6.54. The highest BCUT2D eigenvalue weighted by molar-refractivity contribution is 7.99. The number of carbonyl (C=O) groups is 1. The van der Waals surface area contributed by atoms with Crippen LogP contribution in [0.2, 0.25) is 0 Å².